The standard InChI is InChI=1S/C5H11NO4S/c1-9-5-2-3-10-11(7,8)6-4-5/h5-6H,2-4H2,1H3. The Hall–Kier alpha value is -0.170. The topological polar surface area (TPSA) is 64.6 Å². The highest BCUT2D eigenvalue weighted by molar-refractivity contribution is 7.84. The predicted octanol–water partition coefficient (Wildman–Crippen LogP) is -0.744. The van der Waals surface area contributed by atoms with Gasteiger partial charge in [0.1, 0.15) is 0 Å². The summed E-state index contributed by atoms with van der Waals surface area (Å²) in [6, 6.07) is 0. The van der Waals surface area contributed by atoms with Gasteiger partial charge in [0, 0.05) is 13.7 Å². The number of methoxy groups -OCH3 is 1. The monoisotopic (exact) mass is 181 g/mol. The van der Waals surface area contributed by atoms with Crippen molar-refractivity contribution < 1.29 is 17.3 Å². The van der Waals surface area contributed by atoms with E-state index in [-0.39, 0.29) is 12.7 Å². The van der Waals surface area contributed by atoms with Crippen LogP contribution in [-0.4, -0.2) is 34.8 Å². The van der Waals surface area contributed by atoms with E-state index in [1.54, 1.807) is 7.11 Å². The lowest BCUT2D eigenvalue weighted by molar-refractivity contribution is 0.0934. The second-order valence-corrected chi connectivity index (χ2v) is 3.70. The quantitative estimate of drug-likeness (QED) is 0.578. The highest BCUT2D eigenvalue weighted by Gasteiger charge is 2.19. The molecular formula is C5H11NO4S. The summed E-state index contributed by atoms with van der Waals surface area (Å²) in [4.78, 5) is 0. The lowest BCUT2D eigenvalue weighted by Gasteiger charge is -2.08. The second-order valence-electron chi connectivity index (χ2n) is 2.27. The van der Waals surface area contributed by atoms with Crippen LogP contribution in [0.5, 0.6) is 0 Å². The van der Waals surface area contributed by atoms with E-state index in [0.29, 0.717) is 13.0 Å². The fraction of sp³-hybridized carbons (Fsp3) is 1.00. The van der Waals surface area contributed by atoms with Crippen LogP contribution < -0.4 is 4.72 Å². The average Bonchev–Trinajstić information content (AvgIpc) is 2.10. The third-order valence-corrected chi connectivity index (χ3v) is 2.50. The molecule has 0 aromatic carbocycles. The van der Waals surface area contributed by atoms with Crippen LogP contribution in [0.25, 0.3) is 0 Å². The molecule has 0 aromatic heterocycles. The van der Waals surface area contributed by atoms with Gasteiger partial charge in [-0.25, -0.2) is 0 Å². The van der Waals surface area contributed by atoms with Gasteiger partial charge in [-0.3, -0.25) is 4.18 Å². The van der Waals surface area contributed by atoms with Crippen LogP contribution in [0.3, 0.4) is 0 Å². The van der Waals surface area contributed by atoms with Gasteiger partial charge in [-0.1, -0.05) is 0 Å². The van der Waals surface area contributed by atoms with Gasteiger partial charge < -0.3 is 4.74 Å². The second kappa shape index (κ2) is 3.48. The molecule has 0 aromatic rings. The Bertz CT molecular complexity index is 213. The molecule has 1 unspecified atom stereocenters. The van der Waals surface area contributed by atoms with Crippen molar-refractivity contribution >= 4 is 10.3 Å². The van der Waals surface area contributed by atoms with Gasteiger partial charge in [0.2, 0.25) is 0 Å². The zero-order valence-electron chi connectivity index (χ0n) is 6.24. The first kappa shape index (κ1) is 8.92. The lowest BCUT2D eigenvalue weighted by Crippen LogP contribution is -2.30. The Morgan fingerprint density at radius 2 is 2.36 bits per heavy atom. The highest BCUT2D eigenvalue weighted by atomic mass is 32.2. The van der Waals surface area contributed by atoms with Gasteiger partial charge in [-0.2, -0.15) is 13.1 Å². The summed E-state index contributed by atoms with van der Waals surface area (Å²) in [5.41, 5.74) is 0. The van der Waals surface area contributed by atoms with Crippen LogP contribution in [-0.2, 0) is 19.2 Å². The molecule has 0 aliphatic carbocycles. The minimum atomic E-state index is -3.49. The third kappa shape index (κ3) is 2.74. The van der Waals surface area contributed by atoms with E-state index in [0.717, 1.165) is 0 Å². The van der Waals surface area contributed by atoms with Crippen LogP contribution in [0, 0.1) is 0 Å². The molecule has 0 radical (unpaired) electrons. The molecule has 0 spiro atoms. The molecule has 1 saturated heterocycles. The van der Waals surface area contributed by atoms with Gasteiger partial charge in [0.15, 0.2) is 0 Å². The minimum Gasteiger partial charge on any atom is -0.380 e. The first-order chi connectivity index (χ1) is 5.14. The number of ether oxygens (including phenoxy) is 1. The molecule has 6 heteroatoms. The van der Waals surface area contributed by atoms with Crippen molar-refractivity contribution in [2.24, 2.45) is 0 Å². The Balaban J connectivity index is 2.53. The van der Waals surface area contributed by atoms with Crippen LogP contribution in [0.4, 0.5) is 0 Å². The first-order valence-corrected chi connectivity index (χ1v) is 4.72. The Morgan fingerprint density at radius 3 is 3.00 bits per heavy atom. The first-order valence-electron chi connectivity index (χ1n) is 3.31. The maximum absolute atomic E-state index is 10.7. The van der Waals surface area contributed by atoms with E-state index in [4.69, 9.17) is 4.74 Å². The van der Waals surface area contributed by atoms with E-state index in [9.17, 15) is 8.42 Å². The number of nitrogens with one attached hydrogen (secondary N) is 1. The van der Waals surface area contributed by atoms with Crippen LogP contribution in [0.15, 0.2) is 0 Å². The molecule has 0 bridgehead atoms. The van der Waals surface area contributed by atoms with Crippen LogP contribution in [0.1, 0.15) is 6.42 Å². The summed E-state index contributed by atoms with van der Waals surface area (Å²) in [5, 5.41) is 0. The molecule has 0 amide bonds. The van der Waals surface area contributed by atoms with Gasteiger partial charge in [-0.15, -0.1) is 0 Å². The predicted molar refractivity (Wildman–Crippen MR) is 38.3 cm³/mol. The molecule has 1 atom stereocenters. The molecular weight excluding hydrogens is 170 g/mol. The summed E-state index contributed by atoms with van der Waals surface area (Å²) in [5.74, 6) is 0. The molecule has 1 heterocycles. The smallest absolute Gasteiger partial charge is 0.335 e. The molecule has 1 rings (SSSR count). The molecule has 1 aliphatic heterocycles. The lowest BCUT2D eigenvalue weighted by atomic mass is 10.3. The van der Waals surface area contributed by atoms with Gasteiger partial charge in [0.05, 0.1) is 12.7 Å². The zero-order valence-corrected chi connectivity index (χ0v) is 7.06. The SMILES string of the molecule is COC1CCOS(=O)(=O)NC1. The molecule has 11 heavy (non-hydrogen) atoms. The van der Waals surface area contributed by atoms with Crippen molar-refractivity contribution in [3.8, 4) is 0 Å². The van der Waals surface area contributed by atoms with E-state index in [2.05, 4.69) is 8.91 Å². The normalized spacial score (nSPS) is 31.2. The van der Waals surface area contributed by atoms with E-state index in [1.165, 1.54) is 0 Å². The zero-order chi connectivity index (χ0) is 8.32. The third-order valence-electron chi connectivity index (χ3n) is 1.50. The number of hydrogen-bond acceptors (Lipinski definition) is 4. The molecule has 1 N–H and O–H groups in total. The largest absolute Gasteiger partial charge is 0.380 e. The maximum atomic E-state index is 10.7. The maximum Gasteiger partial charge on any atom is 0.335 e. The average molecular weight is 181 g/mol. The van der Waals surface area contributed by atoms with Crippen molar-refractivity contribution in [2.45, 2.75) is 12.5 Å². The van der Waals surface area contributed by atoms with Gasteiger partial charge in [-0.05, 0) is 6.42 Å². The summed E-state index contributed by atoms with van der Waals surface area (Å²) >= 11 is 0. The van der Waals surface area contributed by atoms with E-state index < -0.39 is 10.3 Å². The molecule has 5 nitrogen and oxygen atoms in total. The summed E-state index contributed by atoms with van der Waals surface area (Å²) in [6.45, 7) is 0.479. The van der Waals surface area contributed by atoms with E-state index in [1.807, 2.05) is 0 Å². The Labute approximate surface area is 65.9 Å². The molecule has 66 valence electrons. The highest BCUT2D eigenvalue weighted by Crippen LogP contribution is 2.03. The van der Waals surface area contributed by atoms with Crippen LogP contribution >= 0.6 is 0 Å². The molecule has 0 saturated carbocycles. The minimum absolute atomic E-state index is 0.0766. The van der Waals surface area contributed by atoms with E-state index >= 15 is 0 Å². The fourth-order valence-corrected chi connectivity index (χ4v) is 1.62. The van der Waals surface area contributed by atoms with Crippen molar-refractivity contribution in [1.29, 1.82) is 0 Å². The fourth-order valence-electron chi connectivity index (χ4n) is 0.829. The van der Waals surface area contributed by atoms with Crippen molar-refractivity contribution in [1.82, 2.24) is 4.72 Å². The van der Waals surface area contributed by atoms with Crippen molar-refractivity contribution in [3.05, 3.63) is 0 Å². The van der Waals surface area contributed by atoms with Crippen molar-refractivity contribution in [3.63, 3.8) is 0 Å². The summed E-state index contributed by atoms with van der Waals surface area (Å²) < 4.78 is 33.2. The van der Waals surface area contributed by atoms with Crippen molar-refractivity contribution in [2.75, 3.05) is 20.3 Å². The Kier molecular flexibility index (Phi) is 2.83. The van der Waals surface area contributed by atoms with Crippen LogP contribution in [0.2, 0.25) is 0 Å². The molecule has 1 fully saturated rings. The molecule has 1 aliphatic rings. The summed E-state index contributed by atoms with van der Waals surface area (Å²) in [7, 11) is -1.95. The number of rotatable bonds is 1. The van der Waals surface area contributed by atoms with Gasteiger partial charge in [0.25, 0.3) is 0 Å². The number of hydrogen-bond donors (Lipinski definition) is 1. The summed E-state index contributed by atoms with van der Waals surface area (Å²) in [6.07, 6.45) is 0.523. The Morgan fingerprint density at radius 1 is 1.64 bits per heavy atom. The van der Waals surface area contributed by atoms with Gasteiger partial charge >= 0.3 is 10.3 Å².